The Balaban J connectivity index is 1.70. The second kappa shape index (κ2) is 8.40. The number of nitrogens with one attached hydrogen (secondary N) is 2. The molecule has 0 bridgehead atoms. The molecule has 1 aromatic heterocycles. The third-order valence-electron chi connectivity index (χ3n) is 5.77. The maximum absolute atomic E-state index is 12.6. The van der Waals surface area contributed by atoms with Crippen LogP contribution < -0.4 is 21.2 Å². The van der Waals surface area contributed by atoms with Crippen molar-refractivity contribution in [2.75, 3.05) is 14.2 Å². The van der Waals surface area contributed by atoms with Gasteiger partial charge in [-0.15, -0.1) is 0 Å². The average Bonchev–Trinajstić information content (AvgIpc) is 2.87. The van der Waals surface area contributed by atoms with Crippen molar-refractivity contribution in [1.82, 2.24) is 10.9 Å². The van der Waals surface area contributed by atoms with Crippen LogP contribution in [0.3, 0.4) is 0 Å². The van der Waals surface area contributed by atoms with Crippen molar-refractivity contribution in [3.63, 3.8) is 0 Å². The lowest BCUT2D eigenvalue weighted by Crippen LogP contribution is -2.49. The van der Waals surface area contributed by atoms with Gasteiger partial charge in [0.15, 0.2) is 0 Å². The third kappa shape index (κ3) is 3.70. The summed E-state index contributed by atoms with van der Waals surface area (Å²) in [6.07, 6.45) is 0. The maximum atomic E-state index is 12.6. The molecule has 0 saturated carbocycles. The first-order chi connectivity index (χ1) is 16.1. The van der Waals surface area contributed by atoms with Crippen molar-refractivity contribution in [3.05, 3.63) is 88.3 Å². The molecular formula is C25H21N3O5. The molecule has 2 heterocycles. The number of carbonyl (C=O) groups excluding carboxylic acids is 1. The van der Waals surface area contributed by atoms with Crippen molar-refractivity contribution in [3.8, 4) is 5.75 Å². The summed E-state index contributed by atoms with van der Waals surface area (Å²) in [6, 6.07) is 19.5. The van der Waals surface area contributed by atoms with Gasteiger partial charge in [0.2, 0.25) is 5.84 Å². The third-order valence-corrected chi connectivity index (χ3v) is 5.77. The molecule has 0 radical (unpaired) electrons. The summed E-state index contributed by atoms with van der Waals surface area (Å²) in [5.74, 6) is 0.154. The molecule has 1 aliphatic rings. The molecule has 166 valence electrons. The Morgan fingerprint density at radius 3 is 2.55 bits per heavy atom. The number of benzene rings is 3. The quantitative estimate of drug-likeness (QED) is 0.283. The molecule has 3 aromatic carbocycles. The molecule has 4 aromatic rings. The van der Waals surface area contributed by atoms with Crippen LogP contribution in [0.2, 0.25) is 0 Å². The number of rotatable bonds is 4. The normalized spacial score (nSPS) is 17.9. The fourth-order valence-corrected chi connectivity index (χ4v) is 4.16. The molecule has 0 aliphatic carbocycles. The summed E-state index contributed by atoms with van der Waals surface area (Å²) in [4.78, 5) is 29.4. The summed E-state index contributed by atoms with van der Waals surface area (Å²) >= 11 is 0. The van der Waals surface area contributed by atoms with Gasteiger partial charge in [-0.1, -0.05) is 48.5 Å². The number of carbonyl (C=O) groups is 1. The first-order valence-electron chi connectivity index (χ1n) is 10.4. The van der Waals surface area contributed by atoms with E-state index in [0.29, 0.717) is 16.9 Å². The van der Waals surface area contributed by atoms with Gasteiger partial charge in [-0.2, -0.15) is 0 Å². The Morgan fingerprint density at radius 1 is 1.00 bits per heavy atom. The second-order valence-electron chi connectivity index (χ2n) is 7.62. The van der Waals surface area contributed by atoms with E-state index in [1.807, 2.05) is 60.7 Å². The van der Waals surface area contributed by atoms with Gasteiger partial charge in [0, 0.05) is 16.8 Å². The zero-order valence-corrected chi connectivity index (χ0v) is 18.0. The Bertz CT molecular complexity index is 1440. The van der Waals surface area contributed by atoms with Gasteiger partial charge in [0.05, 0.1) is 26.3 Å². The number of nitrogens with zero attached hydrogens (tertiary/aromatic N) is 1. The van der Waals surface area contributed by atoms with Crippen molar-refractivity contribution < 1.29 is 18.7 Å². The number of esters is 1. The summed E-state index contributed by atoms with van der Waals surface area (Å²) in [5.41, 5.74) is 7.56. The highest BCUT2D eigenvalue weighted by Crippen LogP contribution is 2.38. The Morgan fingerprint density at radius 2 is 1.79 bits per heavy atom. The first-order valence-corrected chi connectivity index (χ1v) is 10.4. The molecular weight excluding hydrogens is 422 g/mol. The summed E-state index contributed by atoms with van der Waals surface area (Å²) in [6.45, 7) is 0. The standard InChI is InChI=1S/C25H21N3O5/c1-31-16-10-7-15(8-11-16)21-22(27-28-24(26-21)25(30)32-2)19-13-20(29)33-23-17-6-4-3-5-14(17)9-12-18(19)23/h3-13,21-22,27H,1-2H3,(H,26,28). The van der Waals surface area contributed by atoms with Crippen LogP contribution in [0.1, 0.15) is 23.2 Å². The largest absolute Gasteiger partial charge is 0.497 e. The molecule has 8 nitrogen and oxygen atoms in total. The van der Waals surface area contributed by atoms with E-state index in [1.165, 1.54) is 13.2 Å². The number of hydrogen-bond acceptors (Lipinski definition) is 8. The fraction of sp³-hybridized carbons (Fsp3) is 0.160. The van der Waals surface area contributed by atoms with Crippen LogP contribution in [0, 0.1) is 0 Å². The van der Waals surface area contributed by atoms with Gasteiger partial charge in [-0.05, 0) is 28.6 Å². The van der Waals surface area contributed by atoms with Gasteiger partial charge in [0.25, 0.3) is 0 Å². The molecule has 2 atom stereocenters. The van der Waals surface area contributed by atoms with Crippen molar-refractivity contribution in [1.29, 1.82) is 0 Å². The average molecular weight is 443 g/mol. The lowest BCUT2D eigenvalue weighted by molar-refractivity contribution is -0.133. The smallest absolute Gasteiger partial charge is 0.374 e. The number of hydrogen-bond donors (Lipinski definition) is 2. The van der Waals surface area contributed by atoms with E-state index < -0.39 is 23.7 Å². The zero-order chi connectivity index (χ0) is 22.9. The minimum absolute atomic E-state index is 0.0484. The molecule has 5 rings (SSSR count). The number of amidine groups is 1. The molecule has 2 N–H and O–H groups in total. The molecule has 0 saturated heterocycles. The Hall–Kier alpha value is -4.17. The number of methoxy groups -OCH3 is 2. The predicted molar refractivity (Wildman–Crippen MR) is 124 cm³/mol. The SMILES string of the molecule is COC(=O)C1=NC(c2ccc(OC)cc2)C(c2cc(=O)oc3c2ccc2ccccc23)NN1. The van der Waals surface area contributed by atoms with Crippen LogP contribution in [0.4, 0.5) is 0 Å². The van der Waals surface area contributed by atoms with Crippen molar-refractivity contribution >= 4 is 33.5 Å². The molecule has 2 unspecified atom stereocenters. The van der Waals surface area contributed by atoms with Crippen LogP contribution in [0.25, 0.3) is 21.7 Å². The van der Waals surface area contributed by atoms with Crippen LogP contribution in [-0.4, -0.2) is 26.0 Å². The molecule has 0 fully saturated rings. The van der Waals surface area contributed by atoms with Gasteiger partial charge in [-0.3, -0.25) is 10.4 Å². The minimum atomic E-state index is -0.595. The van der Waals surface area contributed by atoms with Crippen molar-refractivity contribution in [2.24, 2.45) is 4.99 Å². The second-order valence-corrected chi connectivity index (χ2v) is 7.62. The Kier molecular flexibility index (Phi) is 5.27. The number of hydrazine groups is 1. The van der Waals surface area contributed by atoms with E-state index in [4.69, 9.17) is 13.9 Å². The van der Waals surface area contributed by atoms with Gasteiger partial charge >= 0.3 is 11.6 Å². The molecule has 8 heteroatoms. The number of ether oxygens (including phenoxy) is 2. The van der Waals surface area contributed by atoms with E-state index in [9.17, 15) is 9.59 Å². The highest BCUT2D eigenvalue weighted by Gasteiger charge is 2.33. The predicted octanol–water partition coefficient (Wildman–Crippen LogP) is 3.42. The molecule has 0 amide bonds. The van der Waals surface area contributed by atoms with Gasteiger partial charge in [0.1, 0.15) is 11.3 Å². The lowest BCUT2D eigenvalue weighted by atomic mass is 9.91. The first kappa shape index (κ1) is 20.7. The summed E-state index contributed by atoms with van der Waals surface area (Å²) < 4.78 is 15.7. The molecule has 0 spiro atoms. The lowest BCUT2D eigenvalue weighted by Gasteiger charge is -2.32. The highest BCUT2D eigenvalue weighted by atomic mass is 16.5. The van der Waals surface area contributed by atoms with Gasteiger partial charge in [-0.25, -0.2) is 15.0 Å². The molecule has 33 heavy (non-hydrogen) atoms. The zero-order valence-electron chi connectivity index (χ0n) is 18.0. The summed E-state index contributed by atoms with van der Waals surface area (Å²) in [7, 11) is 2.89. The molecule has 1 aliphatic heterocycles. The maximum Gasteiger partial charge on any atom is 0.374 e. The monoisotopic (exact) mass is 443 g/mol. The van der Waals surface area contributed by atoms with Crippen LogP contribution in [-0.2, 0) is 9.53 Å². The van der Waals surface area contributed by atoms with E-state index in [2.05, 4.69) is 15.8 Å². The van der Waals surface area contributed by atoms with E-state index in [1.54, 1.807) is 7.11 Å². The fourth-order valence-electron chi connectivity index (χ4n) is 4.16. The topological polar surface area (TPSA) is 102 Å². The van der Waals surface area contributed by atoms with Crippen LogP contribution in [0.15, 0.2) is 80.9 Å². The number of fused-ring (bicyclic) bond motifs is 3. The highest BCUT2D eigenvalue weighted by molar-refractivity contribution is 6.35. The van der Waals surface area contributed by atoms with Crippen molar-refractivity contribution in [2.45, 2.75) is 12.1 Å². The van der Waals surface area contributed by atoms with Crippen LogP contribution >= 0.6 is 0 Å². The Labute approximate surface area is 188 Å². The van der Waals surface area contributed by atoms with E-state index in [-0.39, 0.29) is 5.84 Å². The summed E-state index contributed by atoms with van der Waals surface area (Å²) in [5, 5.41) is 2.60. The van der Waals surface area contributed by atoms with E-state index >= 15 is 0 Å². The van der Waals surface area contributed by atoms with E-state index in [0.717, 1.165) is 21.7 Å². The van der Waals surface area contributed by atoms with Gasteiger partial charge < -0.3 is 13.9 Å². The number of aliphatic imine (C=N–C) groups is 1. The minimum Gasteiger partial charge on any atom is -0.497 e. The van der Waals surface area contributed by atoms with Crippen LogP contribution in [0.5, 0.6) is 5.75 Å².